The van der Waals surface area contributed by atoms with Gasteiger partial charge in [0.25, 0.3) is 0 Å². The Morgan fingerprint density at radius 2 is 1.85 bits per heavy atom. The molecule has 0 saturated heterocycles. The Hall–Kier alpha value is -2.74. The van der Waals surface area contributed by atoms with Gasteiger partial charge in [0.2, 0.25) is 5.91 Å². The highest BCUT2D eigenvalue weighted by Gasteiger charge is 2.20. The number of aromatic nitrogens is 3. The Morgan fingerprint density at radius 1 is 1.11 bits per heavy atom. The Bertz CT molecular complexity index is 932. The topological polar surface area (TPSA) is 59.8 Å². The summed E-state index contributed by atoms with van der Waals surface area (Å²) in [6, 6.07) is 13.1. The van der Waals surface area contributed by atoms with Crippen molar-refractivity contribution in [3.8, 4) is 0 Å². The van der Waals surface area contributed by atoms with Gasteiger partial charge in [-0.15, -0.1) is 10.2 Å². The molecule has 2 aromatic carbocycles. The summed E-state index contributed by atoms with van der Waals surface area (Å²) in [6.45, 7) is 3.74. The molecule has 0 spiro atoms. The lowest BCUT2D eigenvalue weighted by atomic mass is 10.1. The molecule has 0 aliphatic rings. The monoisotopic (exact) mass is 388 g/mol. The van der Waals surface area contributed by atoms with E-state index in [1.54, 1.807) is 13.3 Å². The maximum Gasteiger partial charge on any atom is 0.237 e. The number of hydrogen-bond donors (Lipinski definition) is 1. The van der Waals surface area contributed by atoms with E-state index in [2.05, 4.69) is 15.5 Å². The molecule has 0 saturated carbocycles. The van der Waals surface area contributed by atoms with E-state index in [1.165, 1.54) is 17.8 Å². The molecule has 3 rings (SSSR count). The normalized spacial score (nSPS) is 13.2. The largest absolute Gasteiger partial charge is 0.325 e. The van der Waals surface area contributed by atoms with E-state index in [1.807, 2.05) is 41.8 Å². The first kappa shape index (κ1) is 19.0. The van der Waals surface area contributed by atoms with Gasteiger partial charge in [-0.3, -0.25) is 4.79 Å². The second-order valence-electron chi connectivity index (χ2n) is 5.99. The van der Waals surface area contributed by atoms with E-state index in [-0.39, 0.29) is 17.6 Å². The highest BCUT2D eigenvalue weighted by molar-refractivity contribution is 8.00. The van der Waals surface area contributed by atoms with Gasteiger partial charge in [0, 0.05) is 11.8 Å². The fraction of sp³-hybridized carbons (Fsp3) is 0.211. The van der Waals surface area contributed by atoms with Gasteiger partial charge in [-0.1, -0.05) is 42.1 Å². The molecule has 1 aromatic heterocycles. The third-order valence-electron chi connectivity index (χ3n) is 4.08. The van der Waals surface area contributed by atoms with Crippen LogP contribution in [0.4, 0.5) is 14.5 Å². The van der Waals surface area contributed by atoms with Crippen LogP contribution in [0.5, 0.6) is 0 Å². The summed E-state index contributed by atoms with van der Waals surface area (Å²) in [6.07, 6.45) is 1.62. The van der Waals surface area contributed by atoms with Gasteiger partial charge in [-0.2, -0.15) is 0 Å². The first-order chi connectivity index (χ1) is 13.0. The molecule has 0 radical (unpaired) electrons. The predicted octanol–water partition coefficient (Wildman–Crippen LogP) is 4.28. The van der Waals surface area contributed by atoms with Crippen molar-refractivity contribution < 1.29 is 13.6 Å². The molecular formula is C19H18F2N4OS. The van der Waals surface area contributed by atoms with Gasteiger partial charge < -0.3 is 9.88 Å². The van der Waals surface area contributed by atoms with E-state index in [9.17, 15) is 13.6 Å². The fourth-order valence-corrected chi connectivity index (χ4v) is 3.41. The van der Waals surface area contributed by atoms with Crippen LogP contribution in [0, 0.1) is 11.6 Å². The zero-order valence-corrected chi connectivity index (χ0v) is 15.6. The molecular weight excluding hydrogens is 370 g/mol. The van der Waals surface area contributed by atoms with Gasteiger partial charge in [-0.05, 0) is 31.5 Å². The predicted molar refractivity (Wildman–Crippen MR) is 101 cm³/mol. The Morgan fingerprint density at radius 3 is 2.56 bits per heavy atom. The number of anilines is 1. The summed E-state index contributed by atoms with van der Waals surface area (Å²) in [7, 11) is 0. The molecule has 0 aliphatic carbocycles. The van der Waals surface area contributed by atoms with Crippen LogP contribution in [0.1, 0.15) is 25.5 Å². The standard InChI is InChI=1S/C19H18F2N4OS/c1-12(14-6-4-3-5-7-14)25-11-22-24-19(25)27-13(2)18(26)23-15-8-9-16(20)17(21)10-15/h3-13H,1-2H3,(H,23,26)/t12-,13-/m0/s1. The van der Waals surface area contributed by atoms with Gasteiger partial charge in [0.1, 0.15) is 6.33 Å². The molecule has 0 aliphatic heterocycles. The van der Waals surface area contributed by atoms with E-state index in [4.69, 9.17) is 0 Å². The van der Waals surface area contributed by atoms with E-state index in [0.717, 1.165) is 17.7 Å². The molecule has 0 unspecified atom stereocenters. The third-order valence-corrected chi connectivity index (χ3v) is 5.15. The number of hydrogen-bond acceptors (Lipinski definition) is 4. The number of halogens is 2. The van der Waals surface area contributed by atoms with Crippen molar-refractivity contribution in [2.45, 2.75) is 30.3 Å². The van der Waals surface area contributed by atoms with Crippen LogP contribution in [0.3, 0.4) is 0 Å². The van der Waals surface area contributed by atoms with Crippen molar-refractivity contribution in [1.29, 1.82) is 0 Å². The molecule has 8 heteroatoms. The number of carbonyl (C=O) groups is 1. The van der Waals surface area contributed by atoms with E-state index >= 15 is 0 Å². The summed E-state index contributed by atoms with van der Waals surface area (Å²) in [5, 5.41) is 10.7. The molecule has 0 bridgehead atoms. The van der Waals surface area contributed by atoms with E-state index in [0.29, 0.717) is 5.16 Å². The SMILES string of the molecule is C[C@H](Sc1nncn1[C@@H](C)c1ccccc1)C(=O)Nc1ccc(F)c(F)c1. The van der Waals surface area contributed by atoms with Crippen LogP contribution in [0.15, 0.2) is 60.0 Å². The van der Waals surface area contributed by atoms with Crippen LogP contribution in [0.2, 0.25) is 0 Å². The number of nitrogens with one attached hydrogen (secondary N) is 1. The zero-order valence-electron chi connectivity index (χ0n) is 14.8. The molecule has 1 heterocycles. The second-order valence-corrected chi connectivity index (χ2v) is 7.29. The average molecular weight is 388 g/mol. The molecule has 3 aromatic rings. The molecule has 140 valence electrons. The zero-order chi connectivity index (χ0) is 19.4. The van der Waals surface area contributed by atoms with Crippen molar-refractivity contribution in [3.63, 3.8) is 0 Å². The van der Waals surface area contributed by atoms with Crippen LogP contribution in [0.25, 0.3) is 0 Å². The number of nitrogens with zero attached hydrogens (tertiary/aromatic N) is 3. The molecule has 1 amide bonds. The van der Waals surface area contributed by atoms with Crippen molar-refractivity contribution >= 4 is 23.4 Å². The molecule has 27 heavy (non-hydrogen) atoms. The lowest BCUT2D eigenvalue weighted by Crippen LogP contribution is -2.23. The third kappa shape index (κ3) is 4.51. The number of amides is 1. The lowest BCUT2D eigenvalue weighted by Gasteiger charge is -2.17. The average Bonchev–Trinajstić information content (AvgIpc) is 3.12. The highest BCUT2D eigenvalue weighted by Crippen LogP contribution is 2.27. The minimum Gasteiger partial charge on any atom is -0.325 e. The summed E-state index contributed by atoms with van der Waals surface area (Å²) < 4.78 is 28.2. The van der Waals surface area contributed by atoms with E-state index < -0.39 is 16.9 Å². The lowest BCUT2D eigenvalue weighted by molar-refractivity contribution is -0.115. The van der Waals surface area contributed by atoms with Crippen LogP contribution < -0.4 is 5.32 Å². The maximum atomic E-state index is 13.3. The Balaban J connectivity index is 1.69. The van der Waals surface area contributed by atoms with Crippen molar-refractivity contribution in [2.24, 2.45) is 0 Å². The Labute approximate surface area is 159 Å². The first-order valence-corrected chi connectivity index (χ1v) is 9.20. The van der Waals surface area contributed by atoms with Gasteiger partial charge in [-0.25, -0.2) is 8.78 Å². The molecule has 1 N–H and O–H groups in total. The summed E-state index contributed by atoms with van der Waals surface area (Å²) in [4.78, 5) is 12.4. The van der Waals surface area contributed by atoms with Crippen LogP contribution in [-0.2, 0) is 4.79 Å². The number of rotatable bonds is 6. The van der Waals surface area contributed by atoms with Crippen LogP contribution in [-0.4, -0.2) is 25.9 Å². The minimum absolute atomic E-state index is 0.00477. The molecule has 0 fully saturated rings. The van der Waals surface area contributed by atoms with Crippen LogP contribution >= 0.6 is 11.8 Å². The fourth-order valence-electron chi connectivity index (χ4n) is 2.50. The maximum absolute atomic E-state index is 13.3. The summed E-state index contributed by atoms with van der Waals surface area (Å²) >= 11 is 1.24. The summed E-state index contributed by atoms with van der Waals surface area (Å²) in [5.74, 6) is -2.31. The minimum atomic E-state index is -1.01. The Kier molecular flexibility index (Phi) is 5.85. The number of benzene rings is 2. The van der Waals surface area contributed by atoms with Gasteiger partial charge in [0.15, 0.2) is 16.8 Å². The smallest absolute Gasteiger partial charge is 0.237 e. The van der Waals surface area contributed by atoms with Crippen molar-refractivity contribution in [3.05, 3.63) is 72.1 Å². The quantitative estimate of drug-likeness (QED) is 0.640. The van der Waals surface area contributed by atoms with Crippen molar-refractivity contribution in [1.82, 2.24) is 14.8 Å². The van der Waals surface area contributed by atoms with Crippen molar-refractivity contribution in [2.75, 3.05) is 5.32 Å². The van der Waals surface area contributed by atoms with Gasteiger partial charge >= 0.3 is 0 Å². The highest BCUT2D eigenvalue weighted by atomic mass is 32.2. The summed E-state index contributed by atoms with van der Waals surface area (Å²) in [5.41, 5.74) is 1.29. The van der Waals surface area contributed by atoms with Gasteiger partial charge in [0.05, 0.1) is 11.3 Å². The first-order valence-electron chi connectivity index (χ1n) is 8.32. The molecule has 5 nitrogen and oxygen atoms in total. The number of thioether (sulfide) groups is 1. The molecule has 2 atom stereocenters. The number of carbonyl (C=O) groups excluding carboxylic acids is 1. The second kappa shape index (κ2) is 8.30.